The van der Waals surface area contributed by atoms with Crippen molar-refractivity contribution in [3.05, 3.63) is 46.8 Å². The third-order valence-electron chi connectivity index (χ3n) is 9.80. The molecule has 0 N–H and O–H groups in total. The minimum Gasteiger partial charge on any atom is -0.490 e. The van der Waals surface area contributed by atoms with Crippen LogP contribution in [0.2, 0.25) is 0 Å². The van der Waals surface area contributed by atoms with Crippen molar-refractivity contribution in [3.8, 4) is 0 Å². The smallest absolute Gasteiger partial charge is 0.420 e. The highest BCUT2D eigenvalue weighted by molar-refractivity contribution is 5.72. The number of fused-ring (bicyclic) bond motifs is 3. The van der Waals surface area contributed by atoms with Gasteiger partial charge in [0, 0.05) is 24.0 Å². The van der Waals surface area contributed by atoms with Crippen LogP contribution in [0.4, 0.5) is 26.3 Å². The van der Waals surface area contributed by atoms with E-state index in [4.69, 9.17) is 9.47 Å². The molecule has 3 unspecified atom stereocenters. The van der Waals surface area contributed by atoms with E-state index < -0.39 is 35.4 Å². The minimum absolute atomic E-state index is 0.0740. The summed E-state index contributed by atoms with van der Waals surface area (Å²) in [5.41, 5.74) is -0.686. The van der Waals surface area contributed by atoms with Gasteiger partial charge in [-0.25, -0.2) is 0 Å². The molecule has 4 nitrogen and oxygen atoms in total. The third kappa shape index (κ3) is 5.61. The normalized spacial score (nSPS) is 35.0. The molecular formula is C30H37F6NO3. The Balaban J connectivity index is 1.36. The number of alkyl halides is 6. The lowest BCUT2D eigenvalue weighted by molar-refractivity contribution is -0.186. The Morgan fingerprint density at radius 1 is 1.02 bits per heavy atom. The van der Waals surface area contributed by atoms with Crippen molar-refractivity contribution in [2.24, 2.45) is 17.3 Å². The summed E-state index contributed by atoms with van der Waals surface area (Å²) < 4.78 is 93.8. The second-order valence-corrected chi connectivity index (χ2v) is 12.2. The number of halogens is 6. The van der Waals surface area contributed by atoms with Gasteiger partial charge in [0.15, 0.2) is 0 Å². The van der Waals surface area contributed by atoms with Gasteiger partial charge in [0.1, 0.15) is 11.3 Å². The zero-order chi connectivity index (χ0) is 28.9. The number of allylic oxidation sites excluding steroid dienone is 6. The zero-order valence-electron chi connectivity index (χ0n) is 22.9. The number of esters is 1. The number of methoxy groups -OCH3 is 1. The van der Waals surface area contributed by atoms with E-state index in [-0.39, 0.29) is 61.0 Å². The highest BCUT2D eigenvalue weighted by Crippen LogP contribution is 2.53. The molecule has 2 heterocycles. The summed E-state index contributed by atoms with van der Waals surface area (Å²) in [7, 11) is 1.40. The van der Waals surface area contributed by atoms with Crippen LogP contribution in [-0.4, -0.2) is 55.1 Å². The SMILES string of the molecule is COC(=O)C1CC2CCCC(C1)N2CC1=CC=CC2=C(C(F)(F)F)C(OC3CCC(C(F)(F)F)CC3)=CCC12C. The number of rotatable bonds is 5. The summed E-state index contributed by atoms with van der Waals surface area (Å²) in [6.45, 7) is 2.35. The van der Waals surface area contributed by atoms with Gasteiger partial charge in [-0.1, -0.05) is 31.6 Å². The van der Waals surface area contributed by atoms with Crippen LogP contribution in [0.1, 0.15) is 71.1 Å². The van der Waals surface area contributed by atoms with E-state index in [1.54, 1.807) is 6.08 Å². The molecule has 3 fully saturated rings. The quantitative estimate of drug-likeness (QED) is 0.251. The first-order chi connectivity index (χ1) is 18.8. The van der Waals surface area contributed by atoms with Crippen LogP contribution in [0.15, 0.2) is 46.8 Å². The van der Waals surface area contributed by atoms with Crippen molar-refractivity contribution in [1.82, 2.24) is 4.90 Å². The molecule has 2 saturated heterocycles. The Morgan fingerprint density at radius 3 is 2.25 bits per heavy atom. The molecule has 40 heavy (non-hydrogen) atoms. The second-order valence-electron chi connectivity index (χ2n) is 12.2. The average molecular weight is 574 g/mol. The molecule has 1 saturated carbocycles. The molecule has 222 valence electrons. The Kier molecular flexibility index (Phi) is 7.96. The monoisotopic (exact) mass is 573 g/mol. The fourth-order valence-electron chi connectivity index (χ4n) is 7.54. The standard InChI is InChI=1S/C30H37F6NO3/c1-28-14-13-25(40-23-11-9-19(10-12-23)29(31,32)33)26(30(34,35)36)24(28)8-3-5-20(28)17-37-21-6-4-7-22(37)16-18(15-21)27(38)39-2/h3,5,8,13,18-19,21-23H,4,6-7,9-12,14-17H2,1-2H3. The summed E-state index contributed by atoms with van der Waals surface area (Å²) in [5.74, 6) is -2.04. The number of carbonyl (C=O) groups excluding carboxylic acids is 1. The van der Waals surface area contributed by atoms with Crippen molar-refractivity contribution in [2.45, 2.75) is 102 Å². The van der Waals surface area contributed by atoms with Crippen molar-refractivity contribution >= 4 is 5.97 Å². The Morgan fingerprint density at radius 2 is 1.68 bits per heavy atom. The maximum Gasteiger partial charge on any atom is 0.420 e. The van der Waals surface area contributed by atoms with E-state index in [0.29, 0.717) is 25.8 Å². The lowest BCUT2D eigenvalue weighted by Gasteiger charge is -2.50. The van der Waals surface area contributed by atoms with Gasteiger partial charge in [-0.3, -0.25) is 9.69 Å². The number of carbonyl (C=O) groups is 1. The Bertz CT molecular complexity index is 1100. The minimum atomic E-state index is -4.69. The van der Waals surface area contributed by atoms with Crippen molar-refractivity contribution in [1.29, 1.82) is 0 Å². The summed E-state index contributed by atoms with van der Waals surface area (Å²) in [6.07, 6.45) is 1.40. The maximum absolute atomic E-state index is 14.6. The topological polar surface area (TPSA) is 38.8 Å². The van der Waals surface area contributed by atoms with Crippen molar-refractivity contribution in [3.63, 3.8) is 0 Å². The van der Waals surface area contributed by atoms with Gasteiger partial charge in [0.05, 0.1) is 25.0 Å². The van der Waals surface area contributed by atoms with Gasteiger partial charge in [0.25, 0.3) is 0 Å². The molecule has 5 aliphatic rings. The van der Waals surface area contributed by atoms with Crippen molar-refractivity contribution in [2.75, 3.05) is 13.7 Å². The summed E-state index contributed by atoms with van der Waals surface area (Å²) in [4.78, 5) is 14.6. The molecule has 0 aromatic heterocycles. The van der Waals surface area contributed by atoms with Crippen LogP contribution in [0, 0.1) is 17.3 Å². The Labute approximate surface area is 231 Å². The number of hydrogen-bond donors (Lipinski definition) is 0. The van der Waals surface area contributed by atoms with E-state index in [9.17, 15) is 31.1 Å². The fourth-order valence-corrected chi connectivity index (χ4v) is 7.54. The maximum atomic E-state index is 14.6. The molecule has 0 aromatic rings. The second kappa shape index (κ2) is 10.9. The number of nitrogens with zero attached hydrogens (tertiary/aromatic N) is 1. The van der Waals surface area contributed by atoms with Crippen LogP contribution in [-0.2, 0) is 14.3 Å². The molecular weight excluding hydrogens is 536 g/mol. The summed E-state index contributed by atoms with van der Waals surface area (Å²) in [6, 6.07) is 0.345. The van der Waals surface area contributed by atoms with Crippen molar-refractivity contribution < 1.29 is 40.6 Å². The predicted octanol–water partition coefficient (Wildman–Crippen LogP) is 7.58. The molecule has 0 aromatic carbocycles. The molecule has 3 aliphatic carbocycles. The van der Waals surface area contributed by atoms with E-state index in [1.165, 1.54) is 19.3 Å². The zero-order valence-corrected chi connectivity index (χ0v) is 22.9. The number of ether oxygens (including phenoxy) is 2. The van der Waals surface area contributed by atoms with Crippen LogP contribution < -0.4 is 0 Å². The van der Waals surface area contributed by atoms with Gasteiger partial charge in [-0.15, -0.1) is 0 Å². The molecule has 2 aliphatic heterocycles. The predicted molar refractivity (Wildman–Crippen MR) is 137 cm³/mol. The highest BCUT2D eigenvalue weighted by atomic mass is 19.4. The molecule has 2 bridgehead atoms. The molecule has 5 rings (SSSR count). The van der Waals surface area contributed by atoms with E-state index in [2.05, 4.69) is 4.90 Å². The largest absolute Gasteiger partial charge is 0.490 e. The number of hydrogen-bond acceptors (Lipinski definition) is 4. The van der Waals surface area contributed by atoms with Crippen LogP contribution in [0.5, 0.6) is 0 Å². The lowest BCUT2D eigenvalue weighted by atomic mass is 9.65. The molecule has 10 heteroatoms. The van der Waals surface area contributed by atoms with Crippen LogP contribution >= 0.6 is 0 Å². The molecule has 3 atom stereocenters. The van der Waals surface area contributed by atoms with E-state index in [0.717, 1.165) is 24.8 Å². The van der Waals surface area contributed by atoms with E-state index >= 15 is 0 Å². The van der Waals surface area contributed by atoms with Gasteiger partial charge >= 0.3 is 18.3 Å². The molecule has 0 radical (unpaired) electrons. The first-order valence-corrected chi connectivity index (χ1v) is 14.3. The highest BCUT2D eigenvalue weighted by Gasteiger charge is 2.50. The lowest BCUT2D eigenvalue weighted by Crippen LogP contribution is -2.54. The first kappa shape index (κ1) is 29.3. The third-order valence-corrected chi connectivity index (χ3v) is 9.80. The van der Waals surface area contributed by atoms with Gasteiger partial charge in [0.2, 0.25) is 0 Å². The van der Waals surface area contributed by atoms with Gasteiger partial charge < -0.3 is 9.47 Å². The number of piperidine rings is 2. The Hall–Kier alpha value is -2.23. The molecule has 0 amide bonds. The summed E-state index contributed by atoms with van der Waals surface area (Å²) >= 11 is 0. The van der Waals surface area contributed by atoms with Crippen LogP contribution in [0.25, 0.3) is 0 Å². The van der Waals surface area contributed by atoms with Gasteiger partial charge in [-0.2, -0.15) is 26.3 Å². The average Bonchev–Trinajstić information content (AvgIpc) is 2.88. The van der Waals surface area contributed by atoms with Crippen LogP contribution in [0.3, 0.4) is 0 Å². The summed E-state index contributed by atoms with van der Waals surface area (Å²) in [5, 5.41) is 0. The van der Waals surface area contributed by atoms with E-state index in [1.807, 2.05) is 13.0 Å². The first-order valence-electron chi connectivity index (χ1n) is 14.3. The fraction of sp³-hybridized carbons (Fsp3) is 0.700. The molecule has 0 spiro atoms. The van der Waals surface area contributed by atoms with Gasteiger partial charge in [-0.05, 0) is 75.0 Å².